The molecule has 3 heteroatoms. The molecule has 3 aromatic rings. The molecule has 0 saturated heterocycles. The van der Waals surface area contributed by atoms with Crippen LogP contribution in [-0.2, 0) is 12.1 Å². The minimum Gasteiger partial charge on any atom is -0.375 e. The monoisotopic (exact) mass is 306 g/mol. The molecular weight excluding hydrogens is 284 g/mol. The number of hydrogen-bond donors (Lipinski definition) is 2. The lowest BCUT2D eigenvalue weighted by molar-refractivity contribution is -0.692. The second kappa shape index (κ2) is 7.18. The topological polar surface area (TPSA) is 51.0 Å². The molecule has 3 rings (SSSR count). The van der Waals surface area contributed by atoms with Crippen molar-refractivity contribution in [2.75, 3.05) is 6.54 Å². The Morgan fingerprint density at radius 3 is 1.87 bits per heavy atom. The highest BCUT2D eigenvalue weighted by molar-refractivity contribution is 5.35. The van der Waals surface area contributed by atoms with Gasteiger partial charge in [-0.25, -0.2) is 4.98 Å². The van der Waals surface area contributed by atoms with Gasteiger partial charge in [-0.05, 0) is 17.2 Å². The van der Waals surface area contributed by atoms with E-state index in [0.29, 0.717) is 6.54 Å². The zero-order valence-corrected chi connectivity index (χ0v) is 13.0. The van der Waals surface area contributed by atoms with E-state index >= 15 is 0 Å². The molecule has 0 bridgehead atoms. The van der Waals surface area contributed by atoms with E-state index in [1.165, 1.54) is 0 Å². The molecule has 0 spiro atoms. The van der Waals surface area contributed by atoms with Gasteiger partial charge in [0.1, 0.15) is 6.54 Å². The second-order valence-corrected chi connectivity index (χ2v) is 5.68. The molecule has 0 aliphatic rings. The second-order valence-electron chi connectivity index (χ2n) is 5.68. The third-order valence-corrected chi connectivity index (χ3v) is 4.08. The number of aliphatic hydroxyl groups is 1. The lowest BCUT2D eigenvalue weighted by atomic mass is 9.86. The normalized spacial score (nSPS) is 11.3. The van der Waals surface area contributed by atoms with Gasteiger partial charge in [0.05, 0.1) is 0 Å². The lowest BCUT2D eigenvalue weighted by Crippen LogP contribution is -2.86. The summed E-state index contributed by atoms with van der Waals surface area (Å²) in [7, 11) is 0. The Hall–Kier alpha value is -2.49. The maximum absolute atomic E-state index is 11.4. The number of aromatic amines is 1. The van der Waals surface area contributed by atoms with Crippen LogP contribution in [0.4, 0.5) is 0 Å². The molecule has 0 amide bonds. The molecule has 0 atom stereocenters. The van der Waals surface area contributed by atoms with E-state index < -0.39 is 5.60 Å². The quantitative estimate of drug-likeness (QED) is 0.712. The number of nitrogens with two attached hydrogens (primary N) is 1. The molecule has 0 aliphatic carbocycles. The first kappa shape index (κ1) is 15.4. The molecule has 1 aromatic heterocycles. The number of hydrogen-bond acceptors (Lipinski definition) is 1. The van der Waals surface area contributed by atoms with Gasteiger partial charge in [0.25, 0.3) is 0 Å². The van der Waals surface area contributed by atoms with Crippen molar-refractivity contribution >= 4 is 0 Å². The first-order valence-electron chi connectivity index (χ1n) is 7.90. The minimum absolute atomic E-state index is 0.559. The van der Waals surface area contributed by atoms with Gasteiger partial charge in [-0.1, -0.05) is 60.7 Å². The highest BCUT2D eigenvalue weighted by Crippen LogP contribution is 2.27. The Kier molecular flexibility index (Phi) is 4.81. The fraction of sp³-hybridized carbons (Fsp3) is 0.150. The molecule has 4 N–H and O–H groups in total. The Balaban J connectivity index is 1.82. The summed E-state index contributed by atoms with van der Waals surface area (Å²) in [5, 5.41) is 13.5. The number of aromatic nitrogens is 1. The number of nitrogens with one attached hydrogen (secondary N) is 1. The van der Waals surface area contributed by atoms with Gasteiger partial charge in [-0.15, -0.1) is 0 Å². The van der Waals surface area contributed by atoms with Crippen LogP contribution in [0.3, 0.4) is 0 Å². The summed E-state index contributed by atoms with van der Waals surface area (Å²) >= 11 is 0. The number of pyridine rings is 1. The number of H-pyrrole nitrogens is 1. The smallest absolute Gasteiger partial charge is 0.234 e. The lowest BCUT2D eigenvalue weighted by Gasteiger charge is -2.27. The predicted octanol–water partition coefficient (Wildman–Crippen LogP) is 1.50. The average Bonchev–Trinajstić information content (AvgIpc) is 2.64. The Morgan fingerprint density at radius 1 is 0.783 bits per heavy atom. The summed E-state index contributed by atoms with van der Waals surface area (Å²) in [6.45, 7) is 1.35. The van der Waals surface area contributed by atoms with Gasteiger partial charge in [-0.2, -0.15) is 0 Å². The van der Waals surface area contributed by atoms with Crippen LogP contribution >= 0.6 is 0 Å². The number of quaternary nitrogens is 1. The summed E-state index contributed by atoms with van der Waals surface area (Å²) in [6, 6.07) is 25.8. The van der Waals surface area contributed by atoms with E-state index in [1.807, 2.05) is 79.0 Å². The molecule has 0 aliphatic heterocycles. The van der Waals surface area contributed by atoms with E-state index in [4.69, 9.17) is 0 Å². The van der Waals surface area contributed by atoms with Gasteiger partial charge in [0.15, 0.2) is 18.3 Å². The number of rotatable bonds is 6. The summed E-state index contributed by atoms with van der Waals surface area (Å²) in [5.41, 5.74) is 1.96. The third-order valence-electron chi connectivity index (χ3n) is 4.08. The molecule has 2 aromatic carbocycles. The number of benzene rings is 2. The van der Waals surface area contributed by atoms with Crippen molar-refractivity contribution in [2.45, 2.75) is 12.1 Å². The van der Waals surface area contributed by atoms with Gasteiger partial charge < -0.3 is 10.4 Å². The van der Waals surface area contributed by atoms with Crippen molar-refractivity contribution in [1.82, 2.24) is 0 Å². The Bertz CT molecular complexity index is 675. The molecule has 1 heterocycles. The van der Waals surface area contributed by atoms with Gasteiger partial charge in [0, 0.05) is 12.1 Å². The van der Waals surface area contributed by atoms with Crippen LogP contribution in [0, 0.1) is 0 Å². The van der Waals surface area contributed by atoms with Crippen LogP contribution in [0.2, 0.25) is 0 Å². The fourth-order valence-corrected chi connectivity index (χ4v) is 2.82. The standard InChI is InChI=1S/C20H20N2O/c23-20(17-9-3-1-4-10-17,18-11-5-2-6-12-18)16-21-15-19-13-7-8-14-22-19/h1-14,21,23H,15-16H2/p+2. The molecule has 0 unspecified atom stereocenters. The molecule has 116 valence electrons. The molecule has 0 saturated carbocycles. The van der Waals surface area contributed by atoms with Crippen molar-refractivity contribution < 1.29 is 15.4 Å². The van der Waals surface area contributed by atoms with Crippen molar-refractivity contribution in [3.8, 4) is 0 Å². The molecule has 0 radical (unpaired) electrons. The Labute approximate surface area is 136 Å². The third kappa shape index (κ3) is 3.65. The van der Waals surface area contributed by atoms with Crippen molar-refractivity contribution in [1.29, 1.82) is 0 Å². The molecular formula is C20H22N2O+2. The molecule has 3 nitrogen and oxygen atoms in total. The van der Waals surface area contributed by atoms with Gasteiger partial charge >= 0.3 is 0 Å². The van der Waals surface area contributed by atoms with E-state index in [0.717, 1.165) is 23.4 Å². The van der Waals surface area contributed by atoms with Crippen molar-refractivity contribution in [3.05, 3.63) is 102 Å². The van der Waals surface area contributed by atoms with Crippen LogP contribution in [-0.4, -0.2) is 11.7 Å². The molecule has 0 fully saturated rings. The summed E-state index contributed by atoms with van der Waals surface area (Å²) in [4.78, 5) is 3.22. The van der Waals surface area contributed by atoms with Crippen molar-refractivity contribution in [3.63, 3.8) is 0 Å². The maximum Gasteiger partial charge on any atom is 0.234 e. The summed E-state index contributed by atoms with van der Waals surface area (Å²) in [5.74, 6) is 0. The van der Waals surface area contributed by atoms with Crippen LogP contribution in [0.15, 0.2) is 85.1 Å². The highest BCUT2D eigenvalue weighted by Gasteiger charge is 2.33. The van der Waals surface area contributed by atoms with Crippen LogP contribution in [0.1, 0.15) is 16.8 Å². The SMILES string of the molecule is OC(C[NH2+]Cc1cccc[nH+]1)(c1ccccc1)c1ccccc1. The fourth-order valence-electron chi connectivity index (χ4n) is 2.82. The van der Waals surface area contributed by atoms with Gasteiger partial charge in [-0.3, -0.25) is 0 Å². The summed E-state index contributed by atoms with van der Waals surface area (Å²) in [6.07, 6.45) is 1.92. The first-order chi connectivity index (χ1) is 11.3. The summed E-state index contributed by atoms with van der Waals surface area (Å²) < 4.78 is 0. The van der Waals surface area contributed by atoms with E-state index in [1.54, 1.807) is 0 Å². The van der Waals surface area contributed by atoms with E-state index in [2.05, 4.69) is 16.4 Å². The van der Waals surface area contributed by atoms with E-state index in [-0.39, 0.29) is 0 Å². The van der Waals surface area contributed by atoms with Crippen molar-refractivity contribution in [2.24, 2.45) is 0 Å². The van der Waals surface area contributed by atoms with E-state index in [9.17, 15) is 5.11 Å². The largest absolute Gasteiger partial charge is 0.375 e. The highest BCUT2D eigenvalue weighted by atomic mass is 16.3. The molecule has 23 heavy (non-hydrogen) atoms. The van der Waals surface area contributed by atoms with Crippen LogP contribution in [0.25, 0.3) is 0 Å². The minimum atomic E-state index is -1.00. The van der Waals surface area contributed by atoms with Gasteiger partial charge in [0.2, 0.25) is 5.69 Å². The van der Waals surface area contributed by atoms with Crippen LogP contribution < -0.4 is 10.3 Å². The zero-order valence-electron chi connectivity index (χ0n) is 13.0. The predicted molar refractivity (Wildman–Crippen MR) is 89.4 cm³/mol. The first-order valence-corrected chi connectivity index (χ1v) is 7.90. The zero-order chi connectivity index (χ0) is 16.0. The maximum atomic E-state index is 11.4. The average molecular weight is 306 g/mol. The Morgan fingerprint density at radius 2 is 1.35 bits per heavy atom. The van der Waals surface area contributed by atoms with Crippen LogP contribution in [0.5, 0.6) is 0 Å².